The van der Waals surface area contributed by atoms with Gasteiger partial charge >= 0.3 is 0 Å². The van der Waals surface area contributed by atoms with E-state index in [0.717, 1.165) is 21.9 Å². The zero-order valence-corrected chi connectivity index (χ0v) is 11.8. The van der Waals surface area contributed by atoms with Crippen LogP contribution in [0.4, 0.5) is 5.95 Å². The van der Waals surface area contributed by atoms with Gasteiger partial charge in [-0.05, 0) is 28.1 Å². The van der Waals surface area contributed by atoms with Crippen molar-refractivity contribution in [3.05, 3.63) is 51.3 Å². The summed E-state index contributed by atoms with van der Waals surface area (Å²) < 4.78 is 1.11. The van der Waals surface area contributed by atoms with E-state index >= 15 is 0 Å². The lowest BCUT2D eigenvalue weighted by molar-refractivity contribution is 1.09. The van der Waals surface area contributed by atoms with Gasteiger partial charge in [0, 0.05) is 26.3 Å². The van der Waals surface area contributed by atoms with Crippen molar-refractivity contribution in [3.8, 4) is 0 Å². The molecule has 3 nitrogen and oxygen atoms in total. The predicted octanol–water partition coefficient (Wildman–Crippen LogP) is 4.07. The lowest BCUT2D eigenvalue weighted by atomic mass is 10.2. The Morgan fingerprint density at radius 3 is 3.00 bits per heavy atom. The van der Waals surface area contributed by atoms with E-state index in [2.05, 4.69) is 42.7 Å². The van der Waals surface area contributed by atoms with E-state index in [1.165, 1.54) is 4.88 Å². The van der Waals surface area contributed by atoms with Crippen molar-refractivity contribution in [3.63, 3.8) is 0 Å². The quantitative estimate of drug-likeness (QED) is 0.790. The Morgan fingerprint density at radius 2 is 2.17 bits per heavy atom. The van der Waals surface area contributed by atoms with E-state index < -0.39 is 0 Å². The first kappa shape index (κ1) is 11.6. The van der Waals surface area contributed by atoms with Gasteiger partial charge in [0.25, 0.3) is 0 Å². The molecule has 0 unspecified atom stereocenters. The molecule has 0 atom stereocenters. The van der Waals surface area contributed by atoms with Crippen LogP contribution < -0.4 is 5.32 Å². The number of hydrogen-bond acceptors (Lipinski definition) is 4. The van der Waals surface area contributed by atoms with Crippen LogP contribution in [-0.4, -0.2) is 9.97 Å². The second-order valence-corrected chi connectivity index (χ2v) is 5.75. The molecule has 90 valence electrons. The summed E-state index contributed by atoms with van der Waals surface area (Å²) in [6.07, 6.45) is 1.84. The minimum absolute atomic E-state index is 0.665. The van der Waals surface area contributed by atoms with E-state index in [4.69, 9.17) is 0 Å². The first-order valence-electron chi connectivity index (χ1n) is 5.50. The van der Waals surface area contributed by atoms with Crippen molar-refractivity contribution < 1.29 is 0 Å². The van der Waals surface area contributed by atoms with Crippen LogP contribution in [0.15, 0.2) is 46.4 Å². The van der Waals surface area contributed by atoms with Gasteiger partial charge < -0.3 is 5.32 Å². The Labute approximate surface area is 117 Å². The molecule has 2 heterocycles. The van der Waals surface area contributed by atoms with Crippen LogP contribution in [0.3, 0.4) is 0 Å². The van der Waals surface area contributed by atoms with Crippen molar-refractivity contribution in [2.24, 2.45) is 0 Å². The standard InChI is InChI=1S/C13H10BrN3S/c14-10-5-11(18-8-10)7-16-13-15-6-9-3-1-2-4-12(9)17-13/h1-6,8H,7H2,(H,15,16,17). The molecule has 0 amide bonds. The van der Waals surface area contributed by atoms with E-state index in [9.17, 15) is 0 Å². The highest BCUT2D eigenvalue weighted by atomic mass is 79.9. The molecule has 2 aromatic heterocycles. The number of para-hydroxylation sites is 1. The molecule has 0 radical (unpaired) electrons. The summed E-state index contributed by atoms with van der Waals surface area (Å²) in [5.74, 6) is 0.665. The summed E-state index contributed by atoms with van der Waals surface area (Å²) in [5.41, 5.74) is 0.961. The minimum atomic E-state index is 0.665. The van der Waals surface area contributed by atoms with Gasteiger partial charge in [-0.3, -0.25) is 0 Å². The van der Waals surface area contributed by atoms with Gasteiger partial charge in [-0.25, -0.2) is 9.97 Å². The molecule has 0 aliphatic rings. The van der Waals surface area contributed by atoms with E-state index in [0.29, 0.717) is 5.95 Å². The lowest BCUT2D eigenvalue weighted by Crippen LogP contribution is -2.02. The summed E-state index contributed by atoms with van der Waals surface area (Å²) in [4.78, 5) is 10.0. The molecule has 0 saturated carbocycles. The fraction of sp³-hybridized carbons (Fsp3) is 0.0769. The maximum Gasteiger partial charge on any atom is 0.223 e. The van der Waals surface area contributed by atoms with Gasteiger partial charge in [0.2, 0.25) is 5.95 Å². The average Bonchev–Trinajstić information content (AvgIpc) is 2.82. The molecule has 0 fully saturated rings. The summed E-state index contributed by atoms with van der Waals surface area (Å²) >= 11 is 5.15. The molecule has 0 bridgehead atoms. The Kier molecular flexibility index (Phi) is 3.25. The molecular weight excluding hydrogens is 310 g/mol. The number of thiophene rings is 1. The van der Waals surface area contributed by atoms with Gasteiger partial charge in [0.15, 0.2) is 0 Å². The molecule has 18 heavy (non-hydrogen) atoms. The third-order valence-corrected chi connectivity index (χ3v) is 4.23. The zero-order chi connectivity index (χ0) is 12.4. The molecule has 0 aliphatic heterocycles. The van der Waals surface area contributed by atoms with E-state index in [1.807, 2.05) is 30.5 Å². The van der Waals surface area contributed by atoms with Crippen molar-refractivity contribution in [1.29, 1.82) is 0 Å². The number of nitrogens with zero attached hydrogens (tertiary/aromatic N) is 2. The van der Waals surface area contributed by atoms with Crippen LogP contribution in [0, 0.1) is 0 Å². The average molecular weight is 320 g/mol. The number of aromatic nitrogens is 2. The van der Waals surface area contributed by atoms with Crippen molar-refractivity contribution in [1.82, 2.24) is 9.97 Å². The van der Waals surface area contributed by atoms with Gasteiger partial charge in [0.1, 0.15) is 0 Å². The first-order chi connectivity index (χ1) is 8.81. The molecular formula is C13H10BrN3S. The minimum Gasteiger partial charge on any atom is -0.349 e. The number of halogens is 1. The molecule has 3 rings (SSSR count). The lowest BCUT2D eigenvalue weighted by Gasteiger charge is -2.03. The maximum atomic E-state index is 4.47. The summed E-state index contributed by atoms with van der Waals surface area (Å²) in [7, 11) is 0. The molecule has 0 saturated heterocycles. The Balaban J connectivity index is 1.78. The normalized spacial score (nSPS) is 10.7. The largest absolute Gasteiger partial charge is 0.349 e. The molecule has 0 aliphatic carbocycles. The number of fused-ring (bicyclic) bond motifs is 1. The second kappa shape index (κ2) is 5.04. The van der Waals surface area contributed by atoms with Crippen LogP contribution in [0.2, 0.25) is 0 Å². The molecule has 1 N–H and O–H groups in total. The second-order valence-electron chi connectivity index (χ2n) is 3.84. The van der Waals surface area contributed by atoms with Gasteiger partial charge in [-0.1, -0.05) is 18.2 Å². The molecule has 1 aromatic carbocycles. The van der Waals surface area contributed by atoms with Crippen LogP contribution in [-0.2, 0) is 6.54 Å². The number of anilines is 1. The number of rotatable bonds is 3. The van der Waals surface area contributed by atoms with Crippen LogP contribution in [0.5, 0.6) is 0 Å². The summed E-state index contributed by atoms with van der Waals surface area (Å²) in [6, 6.07) is 10.1. The van der Waals surface area contributed by atoms with Crippen molar-refractivity contribution in [2.75, 3.05) is 5.32 Å². The molecule has 5 heteroatoms. The first-order valence-corrected chi connectivity index (χ1v) is 7.17. The van der Waals surface area contributed by atoms with Crippen LogP contribution in [0.1, 0.15) is 4.88 Å². The fourth-order valence-corrected chi connectivity index (χ4v) is 3.06. The highest BCUT2D eigenvalue weighted by Crippen LogP contribution is 2.20. The van der Waals surface area contributed by atoms with Gasteiger partial charge in [-0.15, -0.1) is 11.3 Å². The third kappa shape index (κ3) is 2.52. The summed E-state index contributed by atoms with van der Waals surface area (Å²) in [5, 5.41) is 6.36. The topological polar surface area (TPSA) is 37.8 Å². The van der Waals surface area contributed by atoms with Crippen molar-refractivity contribution >= 4 is 44.1 Å². The number of nitrogens with one attached hydrogen (secondary N) is 1. The predicted molar refractivity (Wildman–Crippen MR) is 78.9 cm³/mol. The monoisotopic (exact) mass is 319 g/mol. The number of hydrogen-bond donors (Lipinski definition) is 1. The summed E-state index contributed by atoms with van der Waals surface area (Å²) in [6.45, 7) is 0.745. The SMILES string of the molecule is Brc1csc(CNc2ncc3ccccc3n2)c1. The molecule has 3 aromatic rings. The van der Waals surface area contributed by atoms with E-state index in [-0.39, 0.29) is 0 Å². The Bertz CT molecular complexity index is 681. The number of benzene rings is 1. The Hall–Kier alpha value is -1.46. The van der Waals surface area contributed by atoms with Gasteiger partial charge in [0.05, 0.1) is 12.1 Å². The van der Waals surface area contributed by atoms with Crippen LogP contribution in [0.25, 0.3) is 10.9 Å². The van der Waals surface area contributed by atoms with E-state index in [1.54, 1.807) is 11.3 Å². The molecule has 0 spiro atoms. The highest BCUT2D eigenvalue weighted by Gasteiger charge is 2.01. The third-order valence-electron chi connectivity index (χ3n) is 2.53. The smallest absolute Gasteiger partial charge is 0.223 e. The van der Waals surface area contributed by atoms with Gasteiger partial charge in [-0.2, -0.15) is 0 Å². The van der Waals surface area contributed by atoms with Crippen LogP contribution >= 0.6 is 27.3 Å². The Morgan fingerprint density at radius 1 is 1.28 bits per heavy atom. The fourth-order valence-electron chi connectivity index (χ4n) is 1.67. The zero-order valence-electron chi connectivity index (χ0n) is 9.43. The highest BCUT2D eigenvalue weighted by molar-refractivity contribution is 9.10. The maximum absolute atomic E-state index is 4.47. The van der Waals surface area contributed by atoms with Crippen molar-refractivity contribution in [2.45, 2.75) is 6.54 Å².